The summed E-state index contributed by atoms with van der Waals surface area (Å²) >= 11 is 0. The van der Waals surface area contributed by atoms with Crippen LogP contribution < -0.4 is 9.47 Å². The second kappa shape index (κ2) is 4.98. The minimum atomic E-state index is -0.565. The van der Waals surface area contributed by atoms with Gasteiger partial charge in [0, 0.05) is 6.07 Å². The van der Waals surface area contributed by atoms with Crippen molar-refractivity contribution in [2.24, 2.45) is 0 Å². The molecule has 0 aliphatic carbocycles. The number of nitro groups is 1. The van der Waals surface area contributed by atoms with Crippen LogP contribution in [0.25, 0.3) is 0 Å². The van der Waals surface area contributed by atoms with E-state index in [1.807, 2.05) is 6.07 Å². The summed E-state index contributed by atoms with van der Waals surface area (Å²) in [5.74, 6) is 0.516. The molecule has 0 N–H and O–H groups in total. The SMILES string of the molecule is COc1cc(CC#N)c([N+](=O)[O-])c(OC)c1. The Hall–Kier alpha value is -2.29. The number of methoxy groups -OCH3 is 2. The van der Waals surface area contributed by atoms with Crippen LogP contribution in [0.5, 0.6) is 11.5 Å². The van der Waals surface area contributed by atoms with Crippen LogP contribution >= 0.6 is 0 Å². The summed E-state index contributed by atoms with van der Waals surface area (Å²) in [6.07, 6.45) is -0.0656. The number of benzene rings is 1. The summed E-state index contributed by atoms with van der Waals surface area (Å²) in [6, 6.07) is 4.74. The molecule has 0 unspecified atom stereocenters. The molecule has 6 nitrogen and oxygen atoms in total. The topological polar surface area (TPSA) is 85.4 Å². The molecule has 0 saturated heterocycles. The average Bonchev–Trinajstić information content (AvgIpc) is 2.27. The fourth-order valence-electron chi connectivity index (χ4n) is 1.34. The van der Waals surface area contributed by atoms with Crippen molar-refractivity contribution in [3.8, 4) is 17.6 Å². The number of hydrogen-bond acceptors (Lipinski definition) is 5. The summed E-state index contributed by atoms with van der Waals surface area (Å²) in [5.41, 5.74) is 0.0913. The highest BCUT2D eigenvalue weighted by Crippen LogP contribution is 2.35. The van der Waals surface area contributed by atoms with Crippen LogP contribution in [0.4, 0.5) is 5.69 Å². The molecule has 84 valence electrons. The van der Waals surface area contributed by atoms with Gasteiger partial charge in [0.2, 0.25) is 5.75 Å². The van der Waals surface area contributed by atoms with Crippen molar-refractivity contribution < 1.29 is 14.4 Å². The van der Waals surface area contributed by atoms with Gasteiger partial charge in [0.05, 0.1) is 37.2 Å². The highest BCUT2D eigenvalue weighted by Gasteiger charge is 2.22. The zero-order valence-electron chi connectivity index (χ0n) is 8.89. The van der Waals surface area contributed by atoms with E-state index in [1.54, 1.807) is 0 Å². The molecule has 0 spiro atoms. The van der Waals surface area contributed by atoms with Gasteiger partial charge in [-0.05, 0) is 6.07 Å². The van der Waals surface area contributed by atoms with E-state index in [0.717, 1.165) is 0 Å². The van der Waals surface area contributed by atoms with E-state index in [1.165, 1.54) is 26.4 Å². The Labute approximate surface area is 92.2 Å². The first-order valence-corrected chi connectivity index (χ1v) is 4.40. The number of nitro benzene ring substituents is 1. The van der Waals surface area contributed by atoms with E-state index in [4.69, 9.17) is 14.7 Å². The molecule has 0 amide bonds. The van der Waals surface area contributed by atoms with Gasteiger partial charge in [-0.15, -0.1) is 0 Å². The predicted molar refractivity (Wildman–Crippen MR) is 55.5 cm³/mol. The van der Waals surface area contributed by atoms with Crippen molar-refractivity contribution >= 4 is 5.69 Å². The molecule has 0 radical (unpaired) electrons. The standard InChI is InChI=1S/C10H10N2O4/c1-15-8-5-7(3-4-11)10(12(13)14)9(6-8)16-2/h5-6H,3H2,1-2H3. The zero-order valence-corrected chi connectivity index (χ0v) is 8.89. The zero-order chi connectivity index (χ0) is 12.1. The van der Waals surface area contributed by atoms with Crippen LogP contribution in [0.3, 0.4) is 0 Å². The minimum absolute atomic E-state index is 0.0656. The number of nitrogens with zero attached hydrogens (tertiary/aromatic N) is 2. The van der Waals surface area contributed by atoms with Crippen LogP contribution in [0.2, 0.25) is 0 Å². The van der Waals surface area contributed by atoms with Crippen LogP contribution in [0, 0.1) is 21.4 Å². The Balaban J connectivity index is 3.42. The maximum absolute atomic E-state index is 10.9. The van der Waals surface area contributed by atoms with Gasteiger partial charge in [0.1, 0.15) is 5.75 Å². The Kier molecular flexibility index (Phi) is 3.67. The maximum atomic E-state index is 10.9. The highest BCUT2D eigenvalue weighted by atomic mass is 16.6. The monoisotopic (exact) mass is 222 g/mol. The Morgan fingerprint density at radius 1 is 1.44 bits per heavy atom. The summed E-state index contributed by atoms with van der Waals surface area (Å²) < 4.78 is 9.87. The molecule has 0 bridgehead atoms. The second-order valence-electron chi connectivity index (χ2n) is 2.93. The predicted octanol–water partition coefficient (Wildman–Crippen LogP) is 1.68. The maximum Gasteiger partial charge on any atom is 0.315 e. The number of hydrogen-bond donors (Lipinski definition) is 0. The third kappa shape index (κ3) is 2.20. The van der Waals surface area contributed by atoms with Crippen molar-refractivity contribution in [2.45, 2.75) is 6.42 Å². The van der Waals surface area contributed by atoms with E-state index in [-0.39, 0.29) is 23.4 Å². The normalized spacial score (nSPS) is 9.31. The van der Waals surface area contributed by atoms with Gasteiger partial charge >= 0.3 is 5.69 Å². The van der Waals surface area contributed by atoms with E-state index in [2.05, 4.69) is 0 Å². The van der Waals surface area contributed by atoms with Gasteiger partial charge in [-0.3, -0.25) is 10.1 Å². The molecule has 0 heterocycles. The lowest BCUT2D eigenvalue weighted by Crippen LogP contribution is -2.00. The second-order valence-corrected chi connectivity index (χ2v) is 2.93. The van der Waals surface area contributed by atoms with Gasteiger partial charge in [-0.25, -0.2) is 0 Å². The molecule has 0 aliphatic rings. The lowest BCUT2D eigenvalue weighted by atomic mass is 10.1. The van der Waals surface area contributed by atoms with Crippen molar-refractivity contribution in [1.82, 2.24) is 0 Å². The summed E-state index contributed by atoms with van der Waals surface area (Å²) in [7, 11) is 2.77. The third-order valence-corrected chi connectivity index (χ3v) is 2.04. The van der Waals surface area contributed by atoms with Crippen LogP contribution in [0.1, 0.15) is 5.56 Å². The largest absolute Gasteiger partial charge is 0.497 e. The van der Waals surface area contributed by atoms with Crippen LogP contribution in [0.15, 0.2) is 12.1 Å². The summed E-state index contributed by atoms with van der Waals surface area (Å²) in [4.78, 5) is 10.3. The van der Waals surface area contributed by atoms with Crippen molar-refractivity contribution in [1.29, 1.82) is 5.26 Å². The number of rotatable bonds is 4. The Bertz CT molecular complexity index is 451. The molecule has 6 heteroatoms. The molecule has 0 aromatic heterocycles. The smallest absolute Gasteiger partial charge is 0.315 e. The van der Waals surface area contributed by atoms with Gasteiger partial charge in [-0.2, -0.15) is 5.26 Å². The quantitative estimate of drug-likeness (QED) is 0.571. The number of nitriles is 1. The van der Waals surface area contributed by atoms with Gasteiger partial charge in [0.15, 0.2) is 0 Å². The summed E-state index contributed by atoms with van der Waals surface area (Å²) in [6.45, 7) is 0. The fourth-order valence-corrected chi connectivity index (χ4v) is 1.34. The van der Waals surface area contributed by atoms with E-state index in [0.29, 0.717) is 5.75 Å². The Morgan fingerprint density at radius 2 is 2.12 bits per heavy atom. The highest BCUT2D eigenvalue weighted by molar-refractivity contribution is 5.57. The molecular formula is C10H10N2O4. The Morgan fingerprint density at radius 3 is 2.56 bits per heavy atom. The van der Waals surface area contributed by atoms with E-state index >= 15 is 0 Å². The first-order chi connectivity index (χ1) is 7.63. The van der Waals surface area contributed by atoms with Crippen molar-refractivity contribution in [2.75, 3.05) is 14.2 Å². The van der Waals surface area contributed by atoms with Gasteiger partial charge < -0.3 is 9.47 Å². The lowest BCUT2D eigenvalue weighted by molar-refractivity contribution is -0.386. The lowest BCUT2D eigenvalue weighted by Gasteiger charge is -2.07. The minimum Gasteiger partial charge on any atom is -0.497 e. The fraction of sp³-hybridized carbons (Fsp3) is 0.300. The van der Waals surface area contributed by atoms with Gasteiger partial charge in [0.25, 0.3) is 0 Å². The number of ether oxygens (including phenoxy) is 2. The van der Waals surface area contributed by atoms with Crippen molar-refractivity contribution in [3.05, 3.63) is 27.8 Å². The first kappa shape index (κ1) is 11.8. The molecular weight excluding hydrogens is 212 g/mol. The molecule has 0 aliphatic heterocycles. The molecule has 16 heavy (non-hydrogen) atoms. The van der Waals surface area contributed by atoms with Crippen LogP contribution in [-0.2, 0) is 6.42 Å². The summed E-state index contributed by atoms with van der Waals surface area (Å²) in [5, 5.41) is 19.5. The van der Waals surface area contributed by atoms with E-state index < -0.39 is 4.92 Å². The van der Waals surface area contributed by atoms with Crippen molar-refractivity contribution in [3.63, 3.8) is 0 Å². The molecule has 1 aromatic rings. The van der Waals surface area contributed by atoms with E-state index in [9.17, 15) is 10.1 Å². The van der Waals surface area contributed by atoms with Crippen LogP contribution in [-0.4, -0.2) is 19.1 Å². The first-order valence-electron chi connectivity index (χ1n) is 4.40. The van der Waals surface area contributed by atoms with Gasteiger partial charge in [-0.1, -0.05) is 0 Å². The molecule has 1 rings (SSSR count). The molecule has 0 saturated carbocycles. The molecule has 0 atom stereocenters. The average molecular weight is 222 g/mol. The molecule has 1 aromatic carbocycles. The third-order valence-electron chi connectivity index (χ3n) is 2.04. The molecule has 0 fully saturated rings.